The van der Waals surface area contributed by atoms with Crippen LogP contribution in [0, 0.1) is 5.92 Å². The Morgan fingerprint density at radius 3 is 2.53 bits per heavy atom. The summed E-state index contributed by atoms with van der Waals surface area (Å²) in [4.78, 5) is 6.55. The van der Waals surface area contributed by atoms with Gasteiger partial charge in [-0.15, -0.1) is 0 Å². The lowest BCUT2D eigenvalue weighted by Crippen LogP contribution is -2.35. The molecule has 3 nitrogen and oxygen atoms in total. The Morgan fingerprint density at radius 2 is 1.89 bits per heavy atom. The first kappa shape index (κ1) is 14.5. The Labute approximate surface area is 117 Å². The van der Waals surface area contributed by atoms with Crippen LogP contribution in [0.1, 0.15) is 31.2 Å². The molecular formula is C16H27N3. The second-order valence-electron chi connectivity index (χ2n) is 5.87. The fourth-order valence-corrected chi connectivity index (χ4v) is 3.04. The molecule has 0 aromatic carbocycles. The monoisotopic (exact) mass is 261 g/mol. The smallest absolute Gasteiger partial charge is 0.0270 e. The van der Waals surface area contributed by atoms with E-state index >= 15 is 0 Å². The molecule has 1 aromatic rings. The van der Waals surface area contributed by atoms with Gasteiger partial charge in [-0.25, -0.2) is 0 Å². The molecule has 0 bridgehead atoms. The van der Waals surface area contributed by atoms with E-state index < -0.39 is 0 Å². The highest BCUT2D eigenvalue weighted by Crippen LogP contribution is 2.24. The average molecular weight is 261 g/mol. The minimum absolute atomic E-state index is 0.762. The lowest BCUT2D eigenvalue weighted by molar-refractivity contribution is 0.217. The van der Waals surface area contributed by atoms with Crippen LogP contribution in [0.3, 0.4) is 0 Å². The van der Waals surface area contributed by atoms with Crippen LogP contribution in [-0.2, 0) is 6.42 Å². The summed E-state index contributed by atoms with van der Waals surface area (Å²) in [5.74, 6) is 0.895. The second kappa shape index (κ2) is 7.61. The molecule has 1 heterocycles. The van der Waals surface area contributed by atoms with Crippen LogP contribution in [0.2, 0.25) is 0 Å². The van der Waals surface area contributed by atoms with E-state index in [4.69, 9.17) is 0 Å². The van der Waals surface area contributed by atoms with Crippen molar-refractivity contribution in [3.05, 3.63) is 30.1 Å². The number of hydrogen-bond donors (Lipinski definition) is 1. The van der Waals surface area contributed by atoms with Gasteiger partial charge in [0.25, 0.3) is 0 Å². The van der Waals surface area contributed by atoms with Crippen LogP contribution in [0.5, 0.6) is 0 Å². The molecule has 1 saturated carbocycles. The van der Waals surface area contributed by atoms with Gasteiger partial charge in [0, 0.05) is 31.5 Å². The van der Waals surface area contributed by atoms with Crippen molar-refractivity contribution in [1.82, 2.24) is 15.2 Å². The maximum atomic E-state index is 4.06. The summed E-state index contributed by atoms with van der Waals surface area (Å²) in [7, 11) is 4.34. The lowest BCUT2D eigenvalue weighted by Gasteiger charge is -2.31. The van der Waals surface area contributed by atoms with E-state index in [0.29, 0.717) is 0 Å². The van der Waals surface area contributed by atoms with Gasteiger partial charge in [-0.3, -0.25) is 4.98 Å². The van der Waals surface area contributed by atoms with E-state index in [9.17, 15) is 0 Å². The van der Waals surface area contributed by atoms with Crippen LogP contribution in [0.15, 0.2) is 24.5 Å². The van der Waals surface area contributed by atoms with Gasteiger partial charge >= 0.3 is 0 Å². The fourth-order valence-electron chi connectivity index (χ4n) is 3.04. The number of nitrogens with zero attached hydrogens (tertiary/aromatic N) is 2. The Bertz CT molecular complexity index is 344. The first-order valence-corrected chi connectivity index (χ1v) is 7.52. The van der Waals surface area contributed by atoms with Gasteiger partial charge in [0.1, 0.15) is 0 Å². The molecular weight excluding hydrogens is 234 g/mol. The molecule has 1 aromatic heterocycles. The average Bonchev–Trinajstić information content (AvgIpc) is 2.47. The summed E-state index contributed by atoms with van der Waals surface area (Å²) >= 11 is 0. The van der Waals surface area contributed by atoms with Crippen LogP contribution < -0.4 is 5.32 Å². The summed E-state index contributed by atoms with van der Waals surface area (Å²) in [6, 6.07) is 5.00. The predicted molar refractivity (Wildman–Crippen MR) is 80.2 cm³/mol. The zero-order valence-corrected chi connectivity index (χ0v) is 12.3. The number of pyridine rings is 1. The van der Waals surface area contributed by atoms with Gasteiger partial charge in [-0.05, 0) is 69.8 Å². The molecule has 0 radical (unpaired) electrons. The van der Waals surface area contributed by atoms with Gasteiger partial charge in [-0.1, -0.05) is 0 Å². The van der Waals surface area contributed by atoms with Gasteiger partial charge < -0.3 is 10.2 Å². The molecule has 2 rings (SSSR count). The highest BCUT2D eigenvalue weighted by Gasteiger charge is 2.20. The van der Waals surface area contributed by atoms with E-state index in [0.717, 1.165) is 24.9 Å². The molecule has 0 atom stereocenters. The molecule has 1 N–H and O–H groups in total. The third-order valence-corrected chi connectivity index (χ3v) is 4.36. The van der Waals surface area contributed by atoms with Gasteiger partial charge in [0.2, 0.25) is 0 Å². The maximum Gasteiger partial charge on any atom is 0.0270 e. The zero-order chi connectivity index (χ0) is 13.5. The van der Waals surface area contributed by atoms with Gasteiger partial charge in [0.15, 0.2) is 0 Å². The highest BCUT2D eigenvalue weighted by molar-refractivity contribution is 5.09. The minimum Gasteiger partial charge on any atom is -0.317 e. The zero-order valence-electron chi connectivity index (χ0n) is 12.3. The van der Waals surface area contributed by atoms with E-state index in [-0.39, 0.29) is 0 Å². The number of rotatable bonds is 6. The van der Waals surface area contributed by atoms with Gasteiger partial charge in [0.05, 0.1) is 0 Å². The van der Waals surface area contributed by atoms with Crippen molar-refractivity contribution >= 4 is 0 Å². The second-order valence-corrected chi connectivity index (χ2v) is 5.87. The summed E-state index contributed by atoms with van der Waals surface area (Å²) < 4.78 is 0. The Morgan fingerprint density at radius 1 is 1.21 bits per heavy atom. The SMILES string of the molecule is CNC1CCC(CN(C)CCc2ccncc2)CC1. The van der Waals surface area contributed by atoms with Crippen LogP contribution in [0.4, 0.5) is 0 Å². The first-order chi connectivity index (χ1) is 9.28. The van der Waals surface area contributed by atoms with E-state index in [2.05, 4.69) is 41.4 Å². The lowest BCUT2D eigenvalue weighted by atomic mass is 9.86. The number of hydrogen-bond acceptors (Lipinski definition) is 3. The molecule has 0 spiro atoms. The molecule has 106 valence electrons. The third-order valence-electron chi connectivity index (χ3n) is 4.36. The highest BCUT2D eigenvalue weighted by atomic mass is 15.1. The Kier molecular flexibility index (Phi) is 5.80. The minimum atomic E-state index is 0.762. The number of likely N-dealkylation sites (N-methyl/N-ethyl adjacent to an activating group) is 1. The van der Waals surface area contributed by atoms with E-state index in [1.807, 2.05) is 12.4 Å². The molecule has 0 amide bonds. The Hall–Kier alpha value is -0.930. The maximum absolute atomic E-state index is 4.06. The van der Waals surface area contributed by atoms with Crippen molar-refractivity contribution in [2.45, 2.75) is 38.1 Å². The van der Waals surface area contributed by atoms with Crippen molar-refractivity contribution in [2.24, 2.45) is 5.92 Å². The summed E-state index contributed by atoms with van der Waals surface area (Å²) in [5, 5.41) is 3.40. The summed E-state index contributed by atoms with van der Waals surface area (Å²) in [6.07, 6.45) is 10.3. The van der Waals surface area contributed by atoms with E-state index in [1.54, 1.807) is 0 Å². The molecule has 19 heavy (non-hydrogen) atoms. The van der Waals surface area contributed by atoms with Crippen molar-refractivity contribution in [3.8, 4) is 0 Å². The molecule has 0 aliphatic heterocycles. The largest absolute Gasteiger partial charge is 0.317 e. The predicted octanol–water partition coefficient (Wildman–Crippen LogP) is 2.33. The summed E-state index contributed by atoms with van der Waals surface area (Å²) in [6.45, 7) is 2.40. The van der Waals surface area contributed by atoms with Crippen molar-refractivity contribution in [3.63, 3.8) is 0 Å². The van der Waals surface area contributed by atoms with Gasteiger partial charge in [-0.2, -0.15) is 0 Å². The number of nitrogens with one attached hydrogen (secondary N) is 1. The fraction of sp³-hybridized carbons (Fsp3) is 0.688. The van der Waals surface area contributed by atoms with E-state index in [1.165, 1.54) is 37.8 Å². The van der Waals surface area contributed by atoms with Crippen molar-refractivity contribution < 1.29 is 0 Å². The molecule has 1 aliphatic carbocycles. The van der Waals surface area contributed by atoms with Crippen LogP contribution >= 0.6 is 0 Å². The first-order valence-electron chi connectivity index (χ1n) is 7.52. The quantitative estimate of drug-likeness (QED) is 0.852. The topological polar surface area (TPSA) is 28.2 Å². The normalized spacial score (nSPS) is 23.7. The summed E-state index contributed by atoms with van der Waals surface area (Å²) in [5.41, 5.74) is 1.39. The third kappa shape index (κ3) is 4.92. The Balaban J connectivity index is 1.66. The number of aromatic nitrogens is 1. The van der Waals surface area contributed by atoms with Crippen molar-refractivity contribution in [2.75, 3.05) is 27.2 Å². The van der Waals surface area contributed by atoms with Crippen LogP contribution in [0.25, 0.3) is 0 Å². The molecule has 1 fully saturated rings. The standard InChI is InChI=1S/C16H27N3/c1-17-16-5-3-15(4-6-16)13-19(2)12-9-14-7-10-18-11-8-14/h7-8,10-11,15-17H,3-6,9,12-13H2,1-2H3. The molecule has 1 aliphatic rings. The molecule has 3 heteroatoms. The molecule has 0 saturated heterocycles. The molecule has 0 unspecified atom stereocenters. The van der Waals surface area contributed by atoms with Crippen molar-refractivity contribution in [1.29, 1.82) is 0 Å². The van der Waals surface area contributed by atoms with Crippen LogP contribution in [-0.4, -0.2) is 43.1 Å².